The molecule has 1 aliphatic carbocycles. The molecule has 2 aromatic rings. The summed E-state index contributed by atoms with van der Waals surface area (Å²) in [6.07, 6.45) is 4.58. The first-order chi connectivity index (χ1) is 14.9. The number of sulfone groups is 1. The lowest BCUT2D eigenvalue weighted by Gasteiger charge is -2.24. The predicted molar refractivity (Wildman–Crippen MR) is 118 cm³/mol. The normalized spacial score (nSPS) is 16.5. The van der Waals surface area contributed by atoms with Gasteiger partial charge in [-0.15, -0.1) is 0 Å². The van der Waals surface area contributed by atoms with Crippen molar-refractivity contribution in [1.82, 2.24) is 0 Å². The molecule has 0 radical (unpaired) electrons. The summed E-state index contributed by atoms with van der Waals surface area (Å²) in [5.74, 6) is -0.656. The highest BCUT2D eigenvalue weighted by Gasteiger charge is 2.23. The van der Waals surface area contributed by atoms with Gasteiger partial charge in [0.15, 0.2) is 15.6 Å². The van der Waals surface area contributed by atoms with Crippen molar-refractivity contribution < 1.29 is 27.4 Å². The van der Waals surface area contributed by atoms with Crippen molar-refractivity contribution >= 4 is 15.8 Å². The molecule has 3 rings (SSSR count). The third-order valence-electron chi connectivity index (χ3n) is 5.19. The van der Waals surface area contributed by atoms with E-state index < -0.39 is 21.6 Å². The van der Waals surface area contributed by atoms with E-state index in [-0.39, 0.29) is 17.6 Å². The fraction of sp³-hybridized carbons (Fsp3) is 0.375. The summed E-state index contributed by atoms with van der Waals surface area (Å²) in [5, 5.41) is 0. The Bertz CT molecular complexity index is 1010. The molecule has 0 unspecified atom stereocenters. The van der Waals surface area contributed by atoms with E-state index in [0.717, 1.165) is 41.7 Å². The van der Waals surface area contributed by atoms with Gasteiger partial charge >= 0.3 is 5.97 Å². The van der Waals surface area contributed by atoms with E-state index >= 15 is 0 Å². The van der Waals surface area contributed by atoms with E-state index in [1.165, 1.54) is 12.1 Å². The number of ether oxygens (including phenoxy) is 3. The lowest BCUT2D eigenvalue weighted by molar-refractivity contribution is -0.140. The first-order valence-corrected chi connectivity index (χ1v) is 11.9. The number of carbonyl (C=O) groups excluding carboxylic acids is 1. The molecule has 1 atom stereocenters. The quantitative estimate of drug-likeness (QED) is 0.429. The van der Waals surface area contributed by atoms with E-state index in [1.54, 1.807) is 19.2 Å². The van der Waals surface area contributed by atoms with Gasteiger partial charge in [-0.05, 0) is 61.6 Å². The van der Waals surface area contributed by atoms with Crippen molar-refractivity contribution in [3.8, 4) is 5.75 Å². The first kappa shape index (κ1) is 23.0. The van der Waals surface area contributed by atoms with Gasteiger partial charge in [-0.3, -0.25) is 4.79 Å². The molecule has 0 aliphatic heterocycles. The highest BCUT2D eigenvalue weighted by atomic mass is 32.2. The largest absolute Gasteiger partial charge is 0.497 e. The Labute approximate surface area is 183 Å². The van der Waals surface area contributed by atoms with Gasteiger partial charge in [0.05, 0.1) is 24.7 Å². The van der Waals surface area contributed by atoms with Crippen LogP contribution in [-0.2, 0) is 30.7 Å². The van der Waals surface area contributed by atoms with Crippen molar-refractivity contribution in [3.63, 3.8) is 0 Å². The van der Waals surface area contributed by atoms with Crippen molar-refractivity contribution in [2.24, 2.45) is 0 Å². The van der Waals surface area contributed by atoms with E-state index in [4.69, 9.17) is 14.2 Å². The number of benzene rings is 2. The second-order valence-corrected chi connectivity index (χ2v) is 9.58. The van der Waals surface area contributed by atoms with Crippen molar-refractivity contribution in [2.45, 2.75) is 43.8 Å². The lowest BCUT2D eigenvalue weighted by atomic mass is 9.97. The molecule has 0 saturated carbocycles. The number of methoxy groups -OCH3 is 1. The molecule has 0 saturated heterocycles. The van der Waals surface area contributed by atoms with E-state index in [2.05, 4.69) is 0 Å². The molecule has 6 nitrogen and oxygen atoms in total. The monoisotopic (exact) mass is 444 g/mol. The second kappa shape index (κ2) is 10.6. The van der Waals surface area contributed by atoms with Crippen LogP contribution in [0.25, 0.3) is 0 Å². The molecule has 0 aromatic heterocycles. The Morgan fingerprint density at radius 2 is 1.74 bits per heavy atom. The molecule has 0 bridgehead atoms. The SMILES string of the molecule is COc1ccc(CO[C@H]2CCCC=C2COC(=O)CS(=O)(=O)c2ccc(C)cc2)cc1. The topological polar surface area (TPSA) is 78.9 Å². The van der Waals surface area contributed by atoms with Crippen LogP contribution in [0.1, 0.15) is 30.4 Å². The van der Waals surface area contributed by atoms with Crippen LogP contribution in [0.5, 0.6) is 5.75 Å². The van der Waals surface area contributed by atoms with Gasteiger partial charge in [0, 0.05) is 0 Å². The maximum atomic E-state index is 12.4. The molecule has 0 N–H and O–H groups in total. The summed E-state index contributed by atoms with van der Waals surface area (Å²) in [7, 11) is -2.11. The smallest absolute Gasteiger partial charge is 0.321 e. The summed E-state index contributed by atoms with van der Waals surface area (Å²) < 4.78 is 41.4. The zero-order valence-electron chi connectivity index (χ0n) is 17.9. The third-order valence-corrected chi connectivity index (χ3v) is 6.79. The van der Waals surface area contributed by atoms with Crippen LogP contribution >= 0.6 is 0 Å². The van der Waals surface area contributed by atoms with Crippen molar-refractivity contribution in [3.05, 3.63) is 71.3 Å². The van der Waals surface area contributed by atoms with Crippen LogP contribution in [0, 0.1) is 6.92 Å². The summed E-state index contributed by atoms with van der Waals surface area (Å²) in [6.45, 7) is 2.34. The van der Waals surface area contributed by atoms with Gasteiger partial charge < -0.3 is 14.2 Å². The molecule has 31 heavy (non-hydrogen) atoms. The van der Waals surface area contributed by atoms with E-state index in [0.29, 0.717) is 6.61 Å². The summed E-state index contributed by atoms with van der Waals surface area (Å²) in [4.78, 5) is 12.3. The predicted octanol–water partition coefficient (Wildman–Crippen LogP) is 4.02. The zero-order chi connectivity index (χ0) is 22.3. The Morgan fingerprint density at radius 3 is 2.42 bits per heavy atom. The van der Waals surface area contributed by atoms with Gasteiger partial charge in [-0.2, -0.15) is 0 Å². The fourth-order valence-electron chi connectivity index (χ4n) is 3.36. The number of allylic oxidation sites excluding steroid dienone is 1. The molecular weight excluding hydrogens is 416 g/mol. The van der Waals surface area contributed by atoms with Gasteiger partial charge in [0.25, 0.3) is 0 Å². The Kier molecular flexibility index (Phi) is 7.87. The molecular formula is C24H28O6S. The Hall–Kier alpha value is -2.64. The standard InChI is InChI=1S/C24H28O6S/c1-18-7-13-22(14-8-18)31(26,27)17-24(25)30-16-20-5-3-4-6-23(20)29-15-19-9-11-21(28-2)12-10-19/h5,7-14,23H,3-4,6,15-17H2,1-2H3/t23-/m0/s1. The molecule has 0 amide bonds. The van der Waals surface area contributed by atoms with Crippen LogP contribution in [0.2, 0.25) is 0 Å². The zero-order valence-corrected chi connectivity index (χ0v) is 18.7. The number of aryl methyl sites for hydroxylation is 1. The van der Waals surface area contributed by atoms with Gasteiger partial charge in [-0.1, -0.05) is 35.9 Å². The Balaban J connectivity index is 1.53. The number of esters is 1. The molecule has 2 aromatic carbocycles. The summed E-state index contributed by atoms with van der Waals surface area (Å²) in [6, 6.07) is 14.1. The van der Waals surface area contributed by atoms with E-state index in [9.17, 15) is 13.2 Å². The first-order valence-electron chi connectivity index (χ1n) is 10.3. The van der Waals surface area contributed by atoms with Crippen LogP contribution < -0.4 is 4.74 Å². The van der Waals surface area contributed by atoms with Crippen LogP contribution in [-0.4, -0.2) is 40.0 Å². The van der Waals surface area contributed by atoms with Crippen LogP contribution in [0.15, 0.2) is 65.1 Å². The third kappa shape index (κ3) is 6.67. The number of hydrogen-bond donors (Lipinski definition) is 0. The number of hydrogen-bond acceptors (Lipinski definition) is 6. The van der Waals surface area contributed by atoms with Crippen LogP contribution in [0.3, 0.4) is 0 Å². The average molecular weight is 445 g/mol. The highest BCUT2D eigenvalue weighted by Crippen LogP contribution is 2.24. The minimum atomic E-state index is -3.73. The van der Waals surface area contributed by atoms with Gasteiger partial charge in [0.2, 0.25) is 0 Å². The van der Waals surface area contributed by atoms with Crippen molar-refractivity contribution in [2.75, 3.05) is 19.5 Å². The summed E-state index contributed by atoms with van der Waals surface area (Å²) in [5.41, 5.74) is 2.85. The lowest BCUT2D eigenvalue weighted by Crippen LogP contribution is -2.25. The molecule has 166 valence electrons. The number of carbonyl (C=O) groups is 1. The molecule has 0 heterocycles. The Morgan fingerprint density at radius 1 is 1.03 bits per heavy atom. The molecule has 1 aliphatic rings. The molecule has 7 heteroatoms. The second-order valence-electron chi connectivity index (χ2n) is 7.59. The highest BCUT2D eigenvalue weighted by molar-refractivity contribution is 7.92. The maximum Gasteiger partial charge on any atom is 0.321 e. The minimum absolute atomic E-state index is 0.0372. The number of rotatable bonds is 9. The molecule has 0 spiro atoms. The van der Waals surface area contributed by atoms with Crippen molar-refractivity contribution in [1.29, 1.82) is 0 Å². The fourth-order valence-corrected chi connectivity index (χ4v) is 4.47. The maximum absolute atomic E-state index is 12.4. The van der Waals surface area contributed by atoms with Crippen LogP contribution in [0.4, 0.5) is 0 Å². The minimum Gasteiger partial charge on any atom is -0.497 e. The summed E-state index contributed by atoms with van der Waals surface area (Å²) >= 11 is 0. The molecule has 0 fully saturated rings. The average Bonchev–Trinajstić information content (AvgIpc) is 2.77. The van der Waals surface area contributed by atoms with Gasteiger partial charge in [0.1, 0.15) is 12.4 Å². The van der Waals surface area contributed by atoms with E-state index in [1.807, 2.05) is 37.3 Å². The van der Waals surface area contributed by atoms with Gasteiger partial charge in [-0.25, -0.2) is 8.42 Å².